The van der Waals surface area contributed by atoms with Gasteiger partial charge in [0.2, 0.25) is 0 Å². The zero-order chi connectivity index (χ0) is 13.8. The molecule has 0 aliphatic heterocycles. The van der Waals surface area contributed by atoms with Gasteiger partial charge in [-0.1, -0.05) is 18.2 Å². The van der Waals surface area contributed by atoms with E-state index in [-0.39, 0.29) is 5.82 Å². The zero-order valence-electron chi connectivity index (χ0n) is 11.0. The summed E-state index contributed by atoms with van der Waals surface area (Å²) in [5, 5.41) is 9.80. The number of hydrogen-bond donors (Lipinski definition) is 1. The molecule has 0 saturated carbocycles. The highest BCUT2D eigenvalue weighted by atomic mass is 19.1. The highest BCUT2D eigenvalue weighted by Crippen LogP contribution is 2.31. The largest absolute Gasteiger partial charge is 0.389 e. The maximum atomic E-state index is 13.9. The van der Waals surface area contributed by atoms with Crippen LogP contribution in [0.15, 0.2) is 42.6 Å². The monoisotopic (exact) mass is 260 g/mol. The molecular formula is C15H17FN2O. The number of anilines is 2. The number of aliphatic hydroxyl groups excluding tert-OH is 1. The molecule has 1 heterocycles. The van der Waals surface area contributed by atoms with Crippen LogP contribution in [0, 0.1) is 5.82 Å². The standard InChI is InChI=1S/C15H17FN2O/c1-3-18(14-9-5-4-8-13(14)16)15-12(11(2)19)7-6-10-17-15/h4-11,19H,3H2,1-2H3. The fourth-order valence-corrected chi connectivity index (χ4v) is 2.07. The van der Waals surface area contributed by atoms with Gasteiger partial charge in [-0.15, -0.1) is 0 Å². The van der Waals surface area contributed by atoms with Crippen molar-refractivity contribution in [2.45, 2.75) is 20.0 Å². The summed E-state index contributed by atoms with van der Waals surface area (Å²) in [6.07, 6.45) is 0.995. The second-order valence-electron chi connectivity index (χ2n) is 4.29. The van der Waals surface area contributed by atoms with Gasteiger partial charge in [0.05, 0.1) is 11.8 Å². The number of rotatable bonds is 4. The maximum Gasteiger partial charge on any atom is 0.146 e. The second-order valence-corrected chi connectivity index (χ2v) is 4.29. The van der Waals surface area contributed by atoms with E-state index in [1.54, 1.807) is 48.4 Å². The molecule has 0 radical (unpaired) electrons. The first-order valence-corrected chi connectivity index (χ1v) is 6.30. The third kappa shape index (κ3) is 2.74. The first-order chi connectivity index (χ1) is 9.15. The van der Waals surface area contributed by atoms with E-state index in [9.17, 15) is 9.50 Å². The molecule has 0 saturated heterocycles. The summed E-state index contributed by atoms with van der Waals surface area (Å²) in [4.78, 5) is 6.05. The summed E-state index contributed by atoms with van der Waals surface area (Å²) in [6, 6.07) is 10.1. The normalized spacial score (nSPS) is 12.2. The third-order valence-electron chi connectivity index (χ3n) is 2.98. The summed E-state index contributed by atoms with van der Waals surface area (Å²) in [5.41, 5.74) is 1.15. The first-order valence-electron chi connectivity index (χ1n) is 6.30. The van der Waals surface area contributed by atoms with E-state index in [0.29, 0.717) is 23.6 Å². The maximum absolute atomic E-state index is 13.9. The van der Waals surface area contributed by atoms with Crippen molar-refractivity contribution >= 4 is 11.5 Å². The minimum absolute atomic E-state index is 0.299. The predicted molar refractivity (Wildman–Crippen MR) is 74.0 cm³/mol. The average Bonchev–Trinajstić information content (AvgIpc) is 2.42. The molecule has 100 valence electrons. The SMILES string of the molecule is CCN(c1ccccc1F)c1ncccc1C(C)O. The minimum atomic E-state index is -0.649. The van der Waals surface area contributed by atoms with E-state index >= 15 is 0 Å². The van der Waals surface area contributed by atoms with Gasteiger partial charge in [0.25, 0.3) is 0 Å². The summed E-state index contributed by atoms with van der Waals surface area (Å²) in [5.74, 6) is 0.289. The van der Waals surface area contributed by atoms with Gasteiger partial charge in [-0.3, -0.25) is 0 Å². The predicted octanol–water partition coefficient (Wildman–Crippen LogP) is 3.43. The van der Waals surface area contributed by atoms with Crippen LogP contribution in [0.1, 0.15) is 25.5 Å². The van der Waals surface area contributed by atoms with Gasteiger partial charge in [-0.05, 0) is 32.0 Å². The summed E-state index contributed by atoms with van der Waals surface area (Å²) in [7, 11) is 0. The van der Waals surface area contributed by atoms with E-state index in [0.717, 1.165) is 0 Å². The number of nitrogens with zero attached hydrogens (tertiary/aromatic N) is 2. The molecule has 19 heavy (non-hydrogen) atoms. The molecule has 0 aliphatic carbocycles. The summed E-state index contributed by atoms with van der Waals surface area (Å²) >= 11 is 0. The van der Waals surface area contributed by atoms with Crippen LogP contribution >= 0.6 is 0 Å². The number of pyridine rings is 1. The Balaban J connectivity index is 2.52. The molecule has 1 aromatic heterocycles. The molecule has 0 aliphatic rings. The van der Waals surface area contributed by atoms with Crippen molar-refractivity contribution < 1.29 is 9.50 Å². The van der Waals surface area contributed by atoms with E-state index < -0.39 is 6.10 Å². The second kappa shape index (κ2) is 5.80. The van der Waals surface area contributed by atoms with Gasteiger partial charge in [0.1, 0.15) is 11.6 Å². The lowest BCUT2D eigenvalue weighted by Crippen LogP contribution is -2.20. The number of hydrogen-bond acceptors (Lipinski definition) is 3. The van der Waals surface area contributed by atoms with Crippen LogP contribution in [-0.2, 0) is 0 Å². The van der Waals surface area contributed by atoms with Gasteiger partial charge < -0.3 is 10.0 Å². The molecule has 1 unspecified atom stereocenters. The molecule has 1 N–H and O–H groups in total. The Morgan fingerprint density at radius 2 is 2.00 bits per heavy atom. The van der Waals surface area contributed by atoms with Crippen LogP contribution in [0.2, 0.25) is 0 Å². The molecule has 0 spiro atoms. The third-order valence-corrected chi connectivity index (χ3v) is 2.98. The molecule has 0 fully saturated rings. The van der Waals surface area contributed by atoms with Crippen LogP contribution in [0.5, 0.6) is 0 Å². The molecule has 4 heteroatoms. The lowest BCUT2D eigenvalue weighted by atomic mass is 10.1. The van der Waals surface area contributed by atoms with Crippen LogP contribution in [0.25, 0.3) is 0 Å². The summed E-state index contributed by atoms with van der Waals surface area (Å²) in [6.45, 7) is 4.17. The molecule has 0 bridgehead atoms. The van der Waals surface area contributed by atoms with Gasteiger partial charge in [-0.2, -0.15) is 0 Å². The van der Waals surface area contributed by atoms with Crippen molar-refractivity contribution in [3.63, 3.8) is 0 Å². The minimum Gasteiger partial charge on any atom is -0.389 e. The van der Waals surface area contributed by atoms with Crippen LogP contribution in [0.3, 0.4) is 0 Å². The van der Waals surface area contributed by atoms with Crippen molar-refractivity contribution in [2.75, 3.05) is 11.4 Å². The van der Waals surface area contributed by atoms with Crippen molar-refractivity contribution in [2.24, 2.45) is 0 Å². The Hall–Kier alpha value is -1.94. The quantitative estimate of drug-likeness (QED) is 0.915. The molecule has 2 rings (SSSR count). The van der Waals surface area contributed by atoms with Gasteiger partial charge in [-0.25, -0.2) is 9.37 Å². The van der Waals surface area contributed by atoms with Crippen LogP contribution in [-0.4, -0.2) is 16.6 Å². The highest BCUT2D eigenvalue weighted by Gasteiger charge is 2.18. The summed E-state index contributed by atoms with van der Waals surface area (Å²) < 4.78 is 13.9. The highest BCUT2D eigenvalue weighted by molar-refractivity contribution is 5.63. The van der Waals surface area contributed by atoms with Crippen molar-refractivity contribution in [1.29, 1.82) is 0 Å². The molecular weight excluding hydrogens is 243 g/mol. The Morgan fingerprint density at radius 1 is 1.26 bits per heavy atom. The van der Waals surface area contributed by atoms with Crippen LogP contribution < -0.4 is 4.90 Å². The Labute approximate surface area is 112 Å². The smallest absolute Gasteiger partial charge is 0.146 e. The number of aliphatic hydroxyl groups is 1. The van der Waals surface area contributed by atoms with Crippen molar-refractivity contribution in [3.05, 3.63) is 54.0 Å². The zero-order valence-corrected chi connectivity index (χ0v) is 11.0. The Kier molecular flexibility index (Phi) is 4.12. The number of aromatic nitrogens is 1. The van der Waals surface area contributed by atoms with E-state index in [1.807, 2.05) is 6.92 Å². The first kappa shape index (κ1) is 13.5. The Morgan fingerprint density at radius 3 is 2.63 bits per heavy atom. The lowest BCUT2D eigenvalue weighted by Gasteiger charge is -2.25. The molecule has 0 amide bonds. The van der Waals surface area contributed by atoms with Crippen molar-refractivity contribution in [1.82, 2.24) is 4.98 Å². The van der Waals surface area contributed by atoms with E-state index in [1.165, 1.54) is 6.07 Å². The molecule has 2 aromatic rings. The number of benzene rings is 1. The molecule has 3 nitrogen and oxygen atoms in total. The fraction of sp³-hybridized carbons (Fsp3) is 0.267. The topological polar surface area (TPSA) is 36.4 Å². The Bertz CT molecular complexity index is 557. The number of para-hydroxylation sites is 1. The van der Waals surface area contributed by atoms with E-state index in [4.69, 9.17) is 0 Å². The van der Waals surface area contributed by atoms with Gasteiger partial charge in [0.15, 0.2) is 0 Å². The van der Waals surface area contributed by atoms with Gasteiger partial charge in [0, 0.05) is 18.3 Å². The van der Waals surface area contributed by atoms with Crippen molar-refractivity contribution in [3.8, 4) is 0 Å². The fourth-order valence-electron chi connectivity index (χ4n) is 2.07. The molecule has 1 atom stereocenters. The number of halogens is 1. The van der Waals surface area contributed by atoms with Gasteiger partial charge >= 0.3 is 0 Å². The van der Waals surface area contributed by atoms with E-state index in [2.05, 4.69) is 4.98 Å². The lowest BCUT2D eigenvalue weighted by molar-refractivity contribution is 0.199. The molecule has 1 aromatic carbocycles. The van der Waals surface area contributed by atoms with Crippen LogP contribution in [0.4, 0.5) is 15.9 Å². The average molecular weight is 260 g/mol.